The third-order valence-corrected chi connectivity index (χ3v) is 3.97. The highest BCUT2D eigenvalue weighted by Gasteiger charge is 2.16. The van der Waals surface area contributed by atoms with Gasteiger partial charge in [-0.15, -0.1) is 0 Å². The fourth-order valence-corrected chi connectivity index (χ4v) is 2.75. The summed E-state index contributed by atoms with van der Waals surface area (Å²) in [6, 6.07) is 15.5. The SMILES string of the molecule is CC(=O)N(CCC(=O)N(C)c1ccccc1)c1cc(C)cc(C)c1. The summed E-state index contributed by atoms with van der Waals surface area (Å²) < 4.78 is 0. The minimum atomic E-state index is -0.0600. The second kappa shape index (κ2) is 7.77. The van der Waals surface area contributed by atoms with Gasteiger partial charge in [0, 0.05) is 38.3 Å². The van der Waals surface area contributed by atoms with Crippen molar-refractivity contribution in [3.05, 3.63) is 59.7 Å². The summed E-state index contributed by atoms with van der Waals surface area (Å²) >= 11 is 0. The summed E-state index contributed by atoms with van der Waals surface area (Å²) in [5, 5.41) is 0. The Morgan fingerprint density at radius 3 is 2.04 bits per heavy atom. The lowest BCUT2D eigenvalue weighted by atomic mass is 10.1. The Hall–Kier alpha value is -2.62. The van der Waals surface area contributed by atoms with E-state index in [1.165, 1.54) is 6.92 Å². The van der Waals surface area contributed by atoms with Crippen LogP contribution in [0.5, 0.6) is 0 Å². The van der Waals surface area contributed by atoms with Gasteiger partial charge in [0.2, 0.25) is 11.8 Å². The van der Waals surface area contributed by atoms with Crippen molar-refractivity contribution in [1.29, 1.82) is 0 Å². The number of hydrogen-bond acceptors (Lipinski definition) is 2. The number of nitrogens with zero attached hydrogens (tertiary/aromatic N) is 2. The Morgan fingerprint density at radius 2 is 1.50 bits per heavy atom. The van der Waals surface area contributed by atoms with Crippen molar-refractivity contribution in [2.24, 2.45) is 0 Å². The fourth-order valence-electron chi connectivity index (χ4n) is 2.75. The third-order valence-electron chi connectivity index (χ3n) is 3.97. The molecule has 0 atom stereocenters. The van der Waals surface area contributed by atoms with Crippen LogP contribution in [0.4, 0.5) is 11.4 Å². The van der Waals surface area contributed by atoms with Crippen LogP contribution < -0.4 is 9.80 Å². The van der Waals surface area contributed by atoms with Crippen molar-refractivity contribution in [1.82, 2.24) is 0 Å². The molecule has 2 aromatic rings. The van der Waals surface area contributed by atoms with Gasteiger partial charge in [0.15, 0.2) is 0 Å². The van der Waals surface area contributed by atoms with E-state index in [2.05, 4.69) is 6.07 Å². The zero-order valence-corrected chi connectivity index (χ0v) is 14.7. The first-order valence-corrected chi connectivity index (χ1v) is 8.06. The van der Waals surface area contributed by atoms with E-state index in [1.807, 2.05) is 56.3 Å². The van der Waals surface area contributed by atoms with Crippen molar-refractivity contribution in [3.63, 3.8) is 0 Å². The van der Waals surface area contributed by atoms with Crippen LogP contribution in [0.1, 0.15) is 24.5 Å². The lowest BCUT2D eigenvalue weighted by Crippen LogP contribution is -2.34. The van der Waals surface area contributed by atoms with Crippen LogP contribution in [0.15, 0.2) is 48.5 Å². The minimum Gasteiger partial charge on any atom is -0.315 e. The molecule has 4 nitrogen and oxygen atoms in total. The highest BCUT2D eigenvalue weighted by Crippen LogP contribution is 2.20. The molecule has 0 spiro atoms. The Balaban J connectivity index is 2.09. The molecule has 0 fully saturated rings. The van der Waals surface area contributed by atoms with Crippen LogP contribution in [0, 0.1) is 13.8 Å². The van der Waals surface area contributed by atoms with Crippen LogP contribution in [0.25, 0.3) is 0 Å². The minimum absolute atomic E-state index is 0.0168. The molecule has 4 heteroatoms. The average molecular weight is 324 g/mol. The number of rotatable bonds is 5. The van der Waals surface area contributed by atoms with E-state index in [9.17, 15) is 9.59 Å². The van der Waals surface area contributed by atoms with E-state index in [4.69, 9.17) is 0 Å². The van der Waals surface area contributed by atoms with E-state index in [0.717, 1.165) is 22.5 Å². The first-order chi connectivity index (χ1) is 11.4. The molecular weight excluding hydrogens is 300 g/mol. The number of para-hydroxylation sites is 1. The summed E-state index contributed by atoms with van der Waals surface area (Å²) in [4.78, 5) is 27.7. The highest BCUT2D eigenvalue weighted by molar-refractivity contribution is 5.95. The van der Waals surface area contributed by atoms with Gasteiger partial charge in [0.1, 0.15) is 0 Å². The summed E-state index contributed by atoms with van der Waals surface area (Å²) in [6.45, 7) is 5.91. The quantitative estimate of drug-likeness (QED) is 0.841. The Bertz CT molecular complexity index is 705. The number of benzene rings is 2. The summed E-state index contributed by atoms with van der Waals surface area (Å²) in [5.74, 6) is -0.0769. The van der Waals surface area contributed by atoms with Gasteiger partial charge in [0.05, 0.1) is 0 Å². The van der Waals surface area contributed by atoms with Crippen molar-refractivity contribution < 1.29 is 9.59 Å². The largest absolute Gasteiger partial charge is 0.315 e. The van der Waals surface area contributed by atoms with Crippen LogP contribution in [0.3, 0.4) is 0 Å². The fraction of sp³-hybridized carbons (Fsp3) is 0.300. The normalized spacial score (nSPS) is 10.3. The molecular formula is C20H24N2O2. The number of anilines is 2. The topological polar surface area (TPSA) is 40.6 Å². The molecule has 0 unspecified atom stereocenters. The molecule has 2 rings (SSSR count). The lowest BCUT2D eigenvalue weighted by molar-refractivity contribution is -0.118. The zero-order chi connectivity index (χ0) is 17.7. The van der Waals surface area contributed by atoms with Crippen molar-refractivity contribution in [2.75, 3.05) is 23.4 Å². The smallest absolute Gasteiger partial charge is 0.228 e. The molecule has 0 aliphatic carbocycles. The Kier molecular flexibility index (Phi) is 5.74. The molecule has 0 aromatic heterocycles. The van der Waals surface area contributed by atoms with Gasteiger partial charge >= 0.3 is 0 Å². The van der Waals surface area contributed by atoms with E-state index in [-0.39, 0.29) is 18.2 Å². The second-order valence-corrected chi connectivity index (χ2v) is 6.05. The third kappa shape index (κ3) is 4.44. The molecule has 0 heterocycles. The van der Waals surface area contributed by atoms with Crippen LogP contribution in [0.2, 0.25) is 0 Å². The van der Waals surface area contributed by atoms with E-state index in [1.54, 1.807) is 16.8 Å². The molecule has 0 radical (unpaired) electrons. The van der Waals surface area contributed by atoms with Crippen LogP contribution >= 0.6 is 0 Å². The van der Waals surface area contributed by atoms with Crippen molar-refractivity contribution in [3.8, 4) is 0 Å². The molecule has 0 bridgehead atoms. The van der Waals surface area contributed by atoms with Crippen LogP contribution in [-0.4, -0.2) is 25.4 Å². The van der Waals surface area contributed by atoms with Crippen LogP contribution in [-0.2, 0) is 9.59 Å². The van der Waals surface area contributed by atoms with Gasteiger partial charge in [0.25, 0.3) is 0 Å². The maximum atomic E-state index is 12.4. The molecule has 0 saturated carbocycles. The number of carbonyl (C=O) groups excluding carboxylic acids is 2. The number of hydrogen-bond donors (Lipinski definition) is 0. The van der Waals surface area contributed by atoms with Gasteiger partial charge in [-0.25, -0.2) is 0 Å². The predicted molar refractivity (Wildman–Crippen MR) is 98.4 cm³/mol. The molecule has 0 aliphatic rings. The monoisotopic (exact) mass is 324 g/mol. The molecule has 2 amide bonds. The maximum Gasteiger partial charge on any atom is 0.228 e. The van der Waals surface area contributed by atoms with Gasteiger partial charge < -0.3 is 9.80 Å². The maximum absolute atomic E-state index is 12.4. The first kappa shape index (κ1) is 17.7. The molecule has 0 N–H and O–H groups in total. The average Bonchev–Trinajstić information content (AvgIpc) is 2.53. The second-order valence-electron chi connectivity index (χ2n) is 6.05. The molecule has 24 heavy (non-hydrogen) atoms. The highest BCUT2D eigenvalue weighted by atomic mass is 16.2. The van der Waals surface area contributed by atoms with Crippen molar-refractivity contribution in [2.45, 2.75) is 27.2 Å². The molecule has 2 aromatic carbocycles. The van der Waals surface area contributed by atoms with E-state index in [0.29, 0.717) is 6.54 Å². The first-order valence-electron chi connectivity index (χ1n) is 8.06. The molecule has 0 aliphatic heterocycles. The summed E-state index contributed by atoms with van der Waals surface area (Å²) in [5.41, 5.74) is 3.89. The van der Waals surface area contributed by atoms with Gasteiger partial charge in [-0.2, -0.15) is 0 Å². The summed E-state index contributed by atoms with van der Waals surface area (Å²) in [7, 11) is 1.76. The Morgan fingerprint density at radius 1 is 0.917 bits per heavy atom. The number of amides is 2. The van der Waals surface area contributed by atoms with E-state index >= 15 is 0 Å². The Labute approximate surface area is 143 Å². The zero-order valence-electron chi connectivity index (χ0n) is 14.7. The molecule has 126 valence electrons. The number of carbonyl (C=O) groups is 2. The van der Waals surface area contributed by atoms with Crippen molar-refractivity contribution >= 4 is 23.2 Å². The number of aryl methyl sites for hydroxylation is 2. The summed E-state index contributed by atoms with van der Waals surface area (Å²) in [6.07, 6.45) is 0.276. The predicted octanol–water partition coefficient (Wildman–Crippen LogP) is 3.71. The lowest BCUT2D eigenvalue weighted by Gasteiger charge is -2.24. The standard InChI is InChI=1S/C20H24N2O2/c1-15-12-16(2)14-19(13-15)22(17(3)23)11-10-20(24)21(4)18-8-6-5-7-9-18/h5-9,12-14H,10-11H2,1-4H3. The van der Waals surface area contributed by atoms with Gasteiger partial charge in [-0.1, -0.05) is 24.3 Å². The molecule has 0 saturated heterocycles. The van der Waals surface area contributed by atoms with Gasteiger partial charge in [-0.05, 0) is 49.2 Å². The van der Waals surface area contributed by atoms with E-state index < -0.39 is 0 Å². The van der Waals surface area contributed by atoms with Gasteiger partial charge in [-0.3, -0.25) is 9.59 Å².